The van der Waals surface area contributed by atoms with E-state index in [1.165, 1.54) is 6.21 Å². The molecule has 1 aliphatic rings. The molecule has 0 aromatic rings. The maximum Gasteiger partial charge on any atom is 0.0709 e. The van der Waals surface area contributed by atoms with Gasteiger partial charge in [-0.15, -0.1) is 0 Å². The molecule has 0 saturated carbocycles. The molecule has 0 saturated heterocycles. The molecule has 0 radical (unpaired) electrons. The van der Waals surface area contributed by atoms with Crippen LogP contribution < -0.4 is 11.1 Å². The average molecular weight is 125 g/mol. The van der Waals surface area contributed by atoms with Crippen LogP contribution in [0.5, 0.6) is 0 Å². The van der Waals surface area contributed by atoms with Gasteiger partial charge in [0.05, 0.1) is 5.70 Å². The highest BCUT2D eigenvalue weighted by Gasteiger charge is 2.04. The second kappa shape index (κ2) is 2.53. The minimum Gasteiger partial charge on any atom is -0.400 e. The molecule has 0 spiro atoms. The lowest BCUT2D eigenvalue weighted by Crippen LogP contribution is -2.25. The zero-order valence-corrected chi connectivity index (χ0v) is 5.28. The van der Waals surface area contributed by atoms with E-state index in [4.69, 9.17) is 11.1 Å². The first-order chi connectivity index (χ1) is 4.34. The van der Waals surface area contributed by atoms with Crippen LogP contribution in [0.2, 0.25) is 0 Å². The fourth-order valence-electron chi connectivity index (χ4n) is 0.894. The van der Waals surface area contributed by atoms with E-state index in [-0.39, 0.29) is 0 Å². The summed E-state index contributed by atoms with van der Waals surface area (Å²) >= 11 is 0. The standard InChI is InChI=1S/C6H11N3/c7-4-6-5(8)2-1-3-9-6/h4,7,9H,1-3,8H2. The van der Waals surface area contributed by atoms with E-state index in [1.807, 2.05) is 0 Å². The molecule has 0 atom stereocenters. The van der Waals surface area contributed by atoms with Crippen LogP contribution in [0.15, 0.2) is 11.4 Å². The van der Waals surface area contributed by atoms with Gasteiger partial charge in [0.25, 0.3) is 0 Å². The van der Waals surface area contributed by atoms with Crippen LogP contribution in [0.25, 0.3) is 0 Å². The van der Waals surface area contributed by atoms with Crippen LogP contribution in [-0.4, -0.2) is 12.8 Å². The van der Waals surface area contributed by atoms with Gasteiger partial charge in [0.15, 0.2) is 0 Å². The second-order valence-corrected chi connectivity index (χ2v) is 2.11. The number of nitrogens with one attached hydrogen (secondary N) is 2. The topological polar surface area (TPSA) is 61.9 Å². The molecule has 0 aromatic carbocycles. The lowest BCUT2D eigenvalue weighted by atomic mass is 10.1. The van der Waals surface area contributed by atoms with Crippen LogP contribution >= 0.6 is 0 Å². The highest BCUT2D eigenvalue weighted by Crippen LogP contribution is 2.06. The molecule has 1 rings (SSSR count). The molecule has 0 aromatic heterocycles. The molecule has 0 aliphatic carbocycles. The SMILES string of the molecule is N=CC1=C(N)CCCN1. The van der Waals surface area contributed by atoms with Gasteiger partial charge in [-0.2, -0.15) is 0 Å². The molecule has 0 unspecified atom stereocenters. The number of allylic oxidation sites excluding steroid dienone is 2. The molecule has 3 nitrogen and oxygen atoms in total. The van der Waals surface area contributed by atoms with Crippen molar-refractivity contribution in [2.24, 2.45) is 5.73 Å². The van der Waals surface area contributed by atoms with Crippen molar-refractivity contribution < 1.29 is 0 Å². The van der Waals surface area contributed by atoms with Crippen molar-refractivity contribution in [3.05, 3.63) is 11.4 Å². The fourth-order valence-corrected chi connectivity index (χ4v) is 0.894. The first-order valence-corrected chi connectivity index (χ1v) is 3.07. The summed E-state index contributed by atoms with van der Waals surface area (Å²) in [6.07, 6.45) is 3.29. The van der Waals surface area contributed by atoms with Crippen molar-refractivity contribution in [2.45, 2.75) is 12.8 Å². The Morgan fingerprint density at radius 3 is 2.89 bits per heavy atom. The van der Waals surface area contributed by atoms with Gasteiger partial charge in [0.1, 0.15) is 0 Å². The van der Waals surface area contributed by atoms with Gasteiger partial charge in [-0.25, -0.2) is 0 Å². The molecular formula is C6H11N3. The van der Waals surface area contributed by atoms with E-state index in [0.29, 0.717) is 0 Å². The molecule has 9 heavy (non-hydrogen) atoms. The lowest BCUT2D eigenvalue weighted by molar-refractivity contribution is 0.677. The van der Waals surface area contributed by atoms with Gasteiger partial charge in [-0.1, -0.05) is 0 Å². The monoisotopic (exact) mass is 125 g/mol. The van der Waals surface area contributed by atoms with Gasteiger partial charge in [-0.05, 0) is 12.8 Å². The van der Waals surface area contributed by atoms with Gasteiger partial charge in [-0.3, -0.25) is 0 Å². The van der Waals surface area contributed by atoms with E-state index in [2.05, 4.69) is 5.32 Å². The molecule has 0 bridgehead atoms. The number of rotatable bonds is 1. The Bertz CT molecular complexity index is 148. The van der Waals surface area contributed by atoms with Crippen molar-refractivity contribution in [3.63, 3.8) is 0 Å². The highest BCUT2D eigenvalue weighted by molar-refractivity contribution is 5.76. The average Bonchev–Trinajstić information content (AvgIpc) is 1.89. The number of nitrogens with two attached hydrogens (primary N) is 1. The third-order valence-corrected chi connectivity index (χ3v) is 1.43. The molecule has 0 amide bonds. The minimum absolute atomic E-state index is 0.793. The Hall–Kier alpha value is -0.990. The molecule has 1 heterocycles. The predicted octanol–water partition coefficient (Wildman–Crippen LogP) is 0.190. The summed E-state index contributed by atoms with van der Waals surface area (Å²) in [6, 6.07) is 0. The summed E-state index contributed by atoms with van der Waals surface area (Å²) in [5, 5.41) is 9.93. The zero-order chi connectivity index (χ0) is 6.69. The molecule has 50 valence electrons. The zero-order valence-electron chi connectivity index (χ0n) is 5.28. The lowest BCUT2D eigenvalue weighted by Gasteiger charge is -2.15. The predicted molar refractivity (Wildman–Crippen MR) is 37.2 cm³/mol. The van der Waals surface area contributed by atoms with E-state index in [1.54, 1.807) is 0 Å². The summed E-state index contributed by atoms with van der Waals surface area (Å²) < 4.78 is 0. The van der Waals surface area contributed by atoms with Gasteiger partial charge >= 0.3 is 0 Å². The summed E-state index contributed by atoms with van der Waals surface area (Å²) in [5.74, 6) is 0. The largest absolute Gasteiger partial charge is 0.400 e. The van der Waals surface area contributed by atoms with Crippen LogP contribution in [0, 0.1) is 5.41 Å². The molecule has 0 fully saturated rings. The first kappa shape index (κ1) is 6.13. The summed E-state index contributed by atoms with van der Waals surface area (Å²) in [5.41, 5.74) is 7.16. The van der Waals surface area contributed by atoms with Crippen LogP contribution in [0.1, 0.15) is 12.8 Å². The Labute approximate surface area is 54.4 Å². The minimum atomic E-state index is 0.793. The third-order valence-electron chi connectivity index (χ3n) is 1.43. The number of hydrogen-bond donors (Lipinski definition) is 3. The van der Waals surface area contributed by atoms with Crippen molar-refractivity contribution >= 4 is 6.21 Å². The summed E-state index contributed by atoms with van der Waals surface area (Å²) in [6.45, 7) is 0.950. The Kier molecular flexibility index (Phi) is 1.72. The summed E-state index contributed by atoms with van der Waals surface area (Å²) in [7, 11) is 0. The van der Waals surface area contributed by atoms with E-state index in [0.717, 1.165) is 30.8 Å². The van der Waals surface area contributed by atoms with Crippen LogP contribution in [0.3, 0.4) is 0 Å². The molecule has 3 heteroatoms. The van der Waals surface area contributed by atoms with Crippen molar-refractivity contribution in [1.29, 1.82) is 5.41 Å². The molecule has 1 aliphatic heterocycles. The van der Waals surface area contributed by atoms with E-state index >= 15 is 0 Å². The fraction of sp³-hybridized carbons (Fsp3) is 0.500. The smallest absolute Gasteiger partial charge is 0.0709 e. The van der Waals surface area contributed by atoms with Gasteiger partial charge in [0.2, 0.25) is 0 Å². The normalized spacial score (nSPS) is 19.1. The third kappa shape index (κ3) is 1.22. The second-order valence-electron chi connectivity index (χ2n) is 2.11. The maximum absolute atomic E-state index is 6.90. The Morgan fingerprint density at radius 2 is 2.44 bits per heavy atom. The van der Waals surface area contributed by atoms with Crippen LogP contribution in [-0.2, 0) is 0 Å². The van der Waals surface area contributed by atoms with Crippen molar-refractivity contribution in [1.82, 2.24) is 5.32 Å². The maximum atomic E-state index is 6.90. The van der Waals surface area contributed by atoms with E-state index in [9.17, 15) is 0 Å². The van der Waals surface area contributed by atoms with Gasteiger partial charge < -0.3 is 16.5 Å². The Morgan fingerprint density at radius 1 is 1.67 bits per heavy atom. The summed E-state index contributed by atoms with van der Waals surface area (Å²) in [4.78, 5) is 0. The van der Waals surface area contributed by atoms with Crippen molar-refractivity contribution in [2.75, 3.05) is 6.54 Å². The first-order valence-electron chi connectivity index (χ1n) is 3.07. The number of hydrogen-bond acceptors (Lipinski definition) is 3. The van der Waals surface area contributed by atoms with Crippen LogP contribution in [0.4, 0.5) is 0 Å². The molecular weight excluding hydrogens is 114 g/mol. The van der Waals surface area contributed by atoms with Gasteiger partial charge in [0, 0.05) is 18.5 Å². The van der Waals surface area contributed by atoms with Crippen molar-refractivity contribution in [3.8, 4) is 0 Å². The quantitative estimate of drug-likeness (QED) is 0.438. The van der Waals surface area contributed by atoms with E-state index < -0.39 is 0 Å². The Balaban J connectivity index is 2.70. The molecule has 4 N–H and O–H groups in total. The highest BCUT2D eigenvalue weighted by atomic mass is 14.9.